The van der Waals surface area contributed by atoms with Gasteiger partial charge >= 0.3 is 11.4 Å². The van der Waals surface area contributed by atoms with E-state index in [9.17, 15) is 38.4 Å². The molecule has 1 fully saturated rings. The Balaban J connectivity index is 0.999. The van der Waals surface area contributed by atoms with Crippen molar-refractivity contribution in [3.8, 4) is 0 Å². The summed E-state index contributed by atoms with van der Waals surface area (Å²) in [6, 6.07) is 21.3. The van der Waals surface area contributed by atoms with Crippen LogP contribution in [0.2, 0.25) is 0 Å². The summed E-state index contributed by atoms with van der Waals surface area (Å²) in [6.45, 7) is 2.82. The van der Waals surface area contributed by atoms with Gasteiger partial charge in [0.2, 0.25) is 29.5 Å². The Hall–Kier alpha value is -7.56. The molecule has 480 valence electrons. The molecular formula is C68H93N11O10. The fraction of sp³-hybridized carbons (Fsp3) is 0.529. The van der Waals surface area contributed by atoms with E-state index in [0.717, 1.165) is 134 Å². The van der Waals surface area contributed by atoms with E-state index in [1.54, 1.807) is 19.0 Å². The van der Waals surface area contributed by atoms with Crippen LogP contribution in [0.1, 0.15) is 184 Å². The third-order valence-electron chi connectivity index (χ3n) is 18.0. The predicted octanol–water partition coefficient (Wildman–Crippen LogP) is 7.30. The van der Waals surface area contributed by atoms with E-state index in [0.29, 0.717) is 62.4 Å². The number of carbonyl (C=O) groups is 6. The van der Waals surface area contributed by atoms with E-state index < -0.39 is 34.8 Å². The number of benzene rings is 4. The van der Waals surface area contributed by atoms with Crippen molar-refractivity contribution in [1.29, 1.82) is 0 Å². The third-order valence-corrected chi connectivity index (χ3v) is 18.0. The van der Waals surface area contributed by atoms with Gasteiger partial charge in [-0.25, -0.2) is 9.59 Å². The van der Waals surface area contributed by atoms with Crippen molar-refractivity contribution in [2.45, 2.75) is 158 Å². The van der Waals surface area contributed by atoms with E-state index in [4.69, 9.17) is 32.1 Å². The zero-order valence-electron chi connectivity index (χ0n) is 52.3. The third kappa shape index (κ3) is 16.6. The first kappa shape index (κ1) is 67.4. The summed E-state index contributed by atoms with van der Waals surface area (Å²) in [5.41, 5.74) is 29.9. The summed E-state index contributed by atoms with van der Waals surface area (Å²) in [7, 11) is 4.80. The Kier molecular flexibility index (Phi) is 24.4. The molecule has 11 N–H and O–H groups in total. The second-order valence-corrected chi connectivity index (χ2v) is 24.4. The number of nitrogens with zero attached hydrogens (tertiary/aromatic N) is 4. The molecule has 5 aromatic rings. The van der Waals surface area contributed by atoms with Crippen LogP contribution in [0.4, 0.5) is 17.1 Å². The van der Waals surface area contributed by atoms with Crippen LogP contribution in [0, 0.1) is 0 Å². The molecule has 0 unspecified atom stereocenters. The molecule has 21 nitrogen and oxygen atoms in total. The van der Waals surface area contributed by atoms with Gasteiger partial charge in [0.05, 0.1) is 24.1 Å². The van der Waals surface area contributed by atoms with Crippen LogP contribution in [0.25, 0.3) is 10.9 Å². The maximum Gasteiger partial charge on any atom is 0.422 e. The summed E-state index contributed by atoms with van der Waals surface area (Å²) >= 11 is 0. The maximum atomic E-state index is 14.7. The molecule has 4 aromatic carbocycles. The fourth-order valence-corrected chi connectivity index (χ4v) is 13.0. The molecule has 89 heavy (non-hydrogen) atoms. The van der Waals surface area contributed by atoms with Gasteiger partial charge < -0.3 is 62.7 Å². The van der Waals surface area contributed by atoms with Crippen molar-refractivity contribution < 1.29 is 37.9 Å². The Morgan fingerprint density at radius 1 is 0.596 bits per heavy atom. The first-order valence-corrected chi connectivity index (χ1v) is 32.2. The summed E-state index contributed by atoms with van der Waals surface area (Å²) in [5.74, 6) is -2.29. The molecule has 3 aliphatic carbocycles. The highest BCUT2D eigenvalue weighted by Gasteiger charge is 2.52. The largest absolute Gasteiger partial charge is 0.422 e. The lowest BCUT2D eigenvalue weighted by Crippen LogP contribution is -2.47. The molecule has 2 atom stereocenters. The molecule has 1 aromatic heterocycles. The highest BCUT2D eigenvalue weighted by Crippen LogP contribution is 2.62. The smallest absolute Gasteiger partial charge is 0.378 e. The quantitative estimate of drug-likeness (QED) is 0.0196. The summed E-state index contributed by atoms with van der Waals surface area (Å²) in [4.78, 5) is 113. The lowest BCUT2D eigenvalue weighted by molar-refractivity contribution is -0.134. The number of anilines is 3. The minimum Gasteiger partial charge on any atom is -0.378 e. The Bertz CT molecular complexity index is 3240. The lowest BCUT2D eigenvalue weighted by Gasteiger charge is -2.51. The number of aryl methyl sites for hydroxylation is 1. The molecule has 0 radical (unpaired) electrons. The van der Waals surface area contributed by atoms with Crippen molar-refractivity contribution in [2.75, 3.05) is 82.5 Å². The summed E-state index contributed by atoms with van der Waals surface area (Å²) in [6.07, 6.45) is 15.8. The lowest BCUT2D eigenvalue weighted by atomic mass is 9.51. The number of likely N-dealkylation sites (N-methyl/N-ethyl adjacent to an activating group) is 2. The highest BCUT2D eigenvalue weighted by atomic mass is 16.5. The van der Waals surface area contributed by atoms with Gasteiger partial charge in [0.25, 0.3) is 5.91 Å². The van der Waals surface area contributed by atoms with Gasteiger partial charge in [0, 0.05) is 106 Å². The van der Waals surface area contributed by atoms with Crippen LogP contribution in [-0.4, -0.2) is 133 Å². The number of ether oxygens (including phenoxy) is 1. The van der Waals surface area contributed by atoms with Gasteiger partial charge in [-0.15, -0.1) is 0 Å². The maximum absolute atomic E-state index is 14.7. The SMILES string of the molecule is CN(CCOCCN(C)C(=O)[C@@H]1C[C@H](N)CN1C(=O)c1ccc2c(=O)oc(=O)n(C)c2c1)C(=O)CCC12c3cc(NC(=O)CCCCCCCN)ccc3C(c3ccc(NC(=O)CCCCCCCN)cc31)c1ccc(NC(=O)CCCCCCCN)cc12. The van der Waals surface area contributed by atoms with E-state index in [1.165, 1.54) is 35.0 Å². The van der Waals surface area contributed by atoms with Gasteiger partial charge in [-0.1, -0.05) is 76.0 Å². The number of unbranched alkanes of at least 4 members (excludes halogenated alkanes) is 12. The molecule has 4 aliphatic rings. The van der Waals surface area contributed by atoms with Crippen LogP contribution in [0.15, 0.2) is 86.8 Å². The topological polar surface area (TPSA) is 314 Å². The minimum atomic E-state index is -0.993. The zero-order valence-corrected chi connectivity index (χ0v) is 52.3. The van der Waals surface area contributed by atoms with Gasteiger partial charge in [-0.3, -0.25) is 33.3 Å². The average Bonchev–Trinajstić information content (AvgIpc) is 0.963. The molecule has 2 bridgehead atoms. The Morgan fingerprint density at radius 3 is 1.52 bits per heavy atom. The van der Waals surface area contributed by atoms with Crippen molar-refractivity contribution in [1.82, 2.24) is 19.3 Å². The molecule has 1 saturated heterocycles. The van der Waals surface area contributed by atoms with Crippen LogP contribution >= 0.6 is 0 Å². The van der Waals surface area contributed by atoms with E-state index >= 15 is 0 Å². The van der Waals surface area contributed by atoms with Crippen LogP contribution in [0.5, 0.6) is 0 Å². The van der Waals surface area contributed by atoms with Gasteiger partial charge in [0.15, 0.2) is 0 Å². The number of hydrogen-bond donors (Lipinski definition) is 7. The van der Waals surface area contributed by atoms with Gasteiger partial charge in [0.1, 0.15) is 6.04 Å². The fourth-order valence-electron chi connectivity index (χ4n) is 13.0. The normalized spacial score (nSPS) is 17.0. The summed E-state index contributed by atoms with van der Waals surface area (Å²) < 4.78 is 12.0. The number of amides is 6. The molecule has 1 aliphatic heterocycles. The number of aromatic nitrogens is 1. The number of nitrogens with two attached hydrogens (primary N) is 4. The second kappa shape index (κ2) is 32.3. The average molecular weight is 1220 g/mol. The number of rotatable bonds is 35. The van der Waals surface area contributed by atoms with E-state index in [-0.39, 0.29) is 97.6 Å². The number of nitrogens with one attached hydrogen (secondary N) is 3. The molecule has 6 amide bonds. The van der Waals surface area contributed by atoms with Crippen molar-refractivity contribution >= 4 is 63.4 Å². The standard InChI is InChI=1S/C68H93N11O10/c1-76(35-37-88-38-36-77(2)65(85)58-40-46(72)44-79(58)64(84)45-22-26-53-57(39-45)78(3)67(87)89-66(53)86)62(83)30-31-68-54-41-47(73-59(80)19-13-7-4-10-16-32-69)23-27-50(54)63(51-28-24-48(42-55(51)68)74-60(81)20-14-8-5-11-17-33-70)52-29-25-49(43-56(52)68)75-61(82)21-15-9-6-12-18-34-71/h22-29,39,41-43,46,58,63H,4-21,30-38,40,44,69-72H2,1-3H3,(H,73,80)(H,74,81)(H,75,82)/t46-,58-,63?,68?/m0/s1. The number of hydrogen-bond acceptors (Lipinski definition) is 14. The van der Waals surface area contributed by atoms with Crippen LogP contribution in [-0.2, 0) is 41.2 Å². The summed E-state index contributed by atoms with van der Waals surface area (Å²) in [5, 5.41) is 9.72. The van der Waals surface area contributed by atoms with Crippen LogP contribution < -0.4 is 50.3 Å². The monoisotopic (exact) mass is 1220 g/mol. The van der Waals surface area contributed by atoms with Gasteiger partial charge in [-0.2, -0.15) is 0 Å². The number of likely N-dealkylation sites (tertiary alicyclic amines) is 1. The van der Waals surface area contributed by atoms with Crippen molar-refractivity contribution in [3.05, 3.63) is 133 Å². The van der Waals surface area contributed by atoms with Crippen LogP contribution in [0.3, 0.4) is 0 Å². The Morgan fingerprint density at radius 2 is 1.04 bits per heavy atom. The second-order valence-electron chi connectivity index (χ2n) is 24.4. The number of carbonyl (C=O) groups excluding carboxylic acids is 6. The first-order chi connectivity index (χ1) is 43.0. The zero-order chi connectivity index (χ0) is 63.6. The van der Waals surface area contributed by atoms with Crippen molar-refractivity contribution in [3.63, 3.8) is 0 Å². The highest BCUT2D eigenvalue weighted by molar-refractivity contribution is 6.01. The molecule has 0 spiro atoms. The number of fused-ring (bicyclic) bond motifs is 1. The van der Waals surface area contributed by atoms with Gasteiger partial charge in [-0.05, 0) is 159 Å². The Labute approximate surface area is 522 Å². The molecule has 9 rings (SSSR count). The molecule has 0 saturated carbocycles. The van der Waals surface area contributed by atoms with E-state index in [1.807, 2.05) is 18.2 Å². The van der Waals surface area contributed by atoms with E-state index in [2.05, 4.69) is 52.3 Å². The molecular weight excluding hydrogens is 1130 g/mol. The minimum absolute atomic E-state index is 0.0868. The molecule has 2 heterocycles. The predicted molar refractivity (Wildman–Crippen MR) is 347 cm³/mol. The van der Waals surface area contributed by atoms with Crippen molar-refractivity contribution in [2.24, 2.45) is 30.0 Å². The molecule has 21 heteroatoms. The first-order valence-electron chi connectivity index (χ1n) is 32.2.